The van der Waals surface area contributed by atoms with Crippen molar-refractivity contribution in [2.45, 2.75) is 21.6 Å². The molecule has 0 aromatic heterocycles. The van der Waals surface area contributed by atoms with Gasteiger partial charge in [-0.3, -0.25) is 14.5 Å². The van der Waals surface area contributed by atoms with E-state index in [-0.39, 0.29) is 33.0 Å². The molecule has 0 aliphatic carbocycles. The van der Waals surface area contributed by atoms with Crippen molar-refractivity contribution in [3.8, 4) is 5.75 Å². The number of anilines is 1. The lowest BCUT2D eigenvalue weighted by Gasteiger charge is -2.11. The number of aromatic carboxylic acids is 1. The topological polar surface area (TPSA) is 254 Å². The Labute approximate surface area is 230 Å². The Hall–Kier alpha value is -3.95. The lowest BCUT2D eigenvalue weighted by molar-refractivity contribution is -0.432. The Morgan fingerprint density at radius 1 is 0.975 bits per heavy atom. The maximum Gasteiger partial charge on any atom is 0.337 e. The highest BCUT2D eigenvalue weighted by Crippen LogP contribution is 2.32. The van der Waals surface area contributed by atoms with Crippen molar-refractivity contribution < 1.29 is 55.6 Å². The first kappa shape index (κ1) is 30.6. The molecule has 40 heavy (non-hydrogen) atoms. The van der Waals surface area contributed by atoms with Crippen LogP contribution >= 0.6 is 12.0 Å². The quantitative estimate of drug-likeness (QED) is 0.0277. The Morgan fingerprint density at radius 3 is 2.30 bits per heavy atom. The molecule has 0 aliphatic rings. The Balaban J connectivity index is 2.20. The van der Waals surface area contributed by atoms with Crippen molar-refractivity contribution in [2.75, 3.05) is 5.43 Å². The number of amidine groups is 1. The summed E-state index contributed by atoms with van der Waals surface area (Å²) in [5.74, 6) is -2.48. The van der Waals surface area contributed by atoms with Crippen LogP contribution in [-0.2, 0) is 29.6 Å². The molecule has 0 saturated carbocycles. The van der Waals surface area contributed by atoms with Crippen LogP contribution in [0.15, 0.2) is 84.6 Å². The fourth-order valence-corrected chi connectivity index (χ4v) is 4.76. The number of hydrogen-bond donors (Lipinski definition) is 6. The first-order valence-electron chi connectivity index (χ1n) is 10.4. The highest BCUT2D eigenvalue weighted by molar-refractivity contribution is 7.94. The molecule has 0 spiro atoms. The van der Waals surface area contributed by atoms with E-state index in [2.05, 4.69) is 30.1 Å². The molecular formula is C21H18N4O12S3. The van der Waals surface area contributed by atoms with Gasteiger partial charge in [0.2, 0.25) is 5.84 Å². The number of rotatable bonds is 10. The zero-order chi connectivity index (χ0) is 29.7. The summed E-state index contributed by atoms with van der Waals surface area (Å²) in [5.41, 5.74) is 0.992. The molecule has 3 aromatic carbocycles. The van der Waals surface area contributed by atoms with Crippen LogP contribution in [0.4, 0.5) is 11.4 Å². The fraction of sp³-hybridized carbons (Fsp3) is 0.0476. The van der Waals surface area contributed by atoms with Gasteiger partial charge in [-0.2, -0.15) is 21.9 Å². The summed E-state index contributed by atoms with van der Waals surface area (Å²) in [6.07, 6.45) is 0. The van der Waals surface area contributed by atoms with Crippen molar-refractivity contribution in [1.29, 1.82) is 0 Å². The van der Waals surface area contributed by atoms with E-state index in [1.54, 1.807) is 0 Å². The number of carbonyl (C=O) groups is 1. The van der Waals surface area contributed by atoms with Crippen LogP contribution in [0.1, 0.15) is 21.5 Å². The van der Waals surface area contributed by atoms with E-state index >= 15 is 0 Å². The van der Waals surface area contributed by atoms with Crippen molar-refractivity contribution in [3.63, 3.8) is 0 Å². The van der Waals surface area contributed by atoms with Crippen LogP contribution in [-0.4, -0.2) is 53.2 Å². The number of hydrazone groups is 1. The van der Waals surface area contributed by atoms with Crippen LogP contribution in [0.25, 0.3) is 0 Å². The number of aryl methyl sites for hydroxylation is 1. The number of nitrogens with one attached hydrogen (secondary N) is 1. The van der Waals surface area contributed by atoms with Gasteiger partial charge in [0.05, 0.1) is 28.2 Å². The normalized spacial score (nSPS) is 12.6. The van der Waals surface area contributed by atoms with Gasteiger partial charge in [0.1, 0.15) is 16.3 Å². The monoisotopic (exact) mass is 614 g/mol. The molecule has 0 bridgehead atoms. The number of hydrogen-bond acceptors (Lipinski definition) is 13. The second-order valence-electron chi connectivity index (χ2n) is 7.54. The summed E-state index contributed by atoms with van der Waals surface area (Å²) >= 11 is 0.486. The zero-order valence-electron chi connectivity index (χ0n) is 19.9. The Kier molecular flexibility index (Phi) is 9.55. The summed E-state index contributed by atoms with van der Waals surface area (Å²) < 4.78 is 70.6. The highest BCUT2D eigenvalue weighted by Gasteiger charge is 2.21. The molecule has 3 rings (SSSR count). The summed E-state index contributed by atoms with van der Waals surface area (Å²) in [6.45, 7) is 1.33. The van der Waals surface area contributed by atoms with E-state index in [0.717, 1.165) is 24.3 Å². The van der Waals surface area contributed by atoms with Gasteiger partial charge in [0.25, 0.3) is 20.2 Å². The predicted molar refractivity (Wildman–Crippen MR) is 138 cm³/mol. The van der Waals surface area contributed by atoms with Gasteiger partial charge >= 0.3 is 5.97 Å². The van der Waals surface area contributed by atoms with Crippen LogP contribution in [0.2, 0.25) is 0 Å². The number of carboxylic acids is 1. The number of aromatic hydroxyl groups is 1. The summed E-state index contributed by atoms with van der Waals surface area (Å²) in [7, 11) is -9.55. The standard InChI is InChI=1S/C21H18N4O12S3/c1-11-8-13(39(30,31)32)10-17(19(11)26)23-25-20(15-4-2-3-5-18(15)40(33,34)35)24-22-16-9-12(38-37-36-29)6-7-14(16)21(27)28/h2-10,23,26,29H,1H3,(H,27,28)(H,30,31,32)(H,33,34,35)/b24-22?,25-20-. The van der Waals surface area contributed by atoms with Crippen LogP contribution in [0, 0.1) is 6.92 Å². The van der Waals surface area contributed by atoms with Gasteiger partial charge in [-0.1, -0.05) is 17.2 Å². The van der Waals surface area contributed by atoms with E-state index in [1.165, 1.54) is 37.3 Å². The van der Waals surface area contributed by atoms with E-state index in [9.17, 15) is 40.9 Å². The maximum atomic E-state index is 12.0. The average Bonchev–Trinajstić information content (AvgIpc) is 2.88. The number of azo groups is 1. The third-order valence-electron chi connectivity index (χ3n) is 4.87. The molecule has 212 valence electrons. The molecule has 0 heterocycles. The summed E-state index contributed by atoms with van der Waals surface area (Å²) in [4.78, 5) is 10.6. The van der Waals surface area contributed by atoms with Gasteiger partial charge in [-0.25, -0.2) is 10.1 Å². The first-order chi connectivity index (χ1) is 18.7. The molecule has 3 aromatic rings. The largest absolute Gasteiger partial charge is 0.505 e. The minimum absolute atomic E-state index is 0.0174. The van der Waals surface area contributed by atoms with Crippen molar-refractivity contribution in [3.05, 3.63) is 71.3 Å². The van der Waals surface area contributed by atoms with Crippen molar-refractivity contribution >= 4 is 55.5 Å². The minimum atomic E-state index is -4.85. The Bertz CT molecular complexity index is 1720. The number of carboxylic acid groups (broad SMARTS) is 1. The smallest absolute Gasteiger partial charge is 0.337 e. The summed E-state index contributed by atoms with van der Waals surface area (Å²) in [6, 6.07) is 10.2. The van der Waals surface area contributed by atoms with Crippen molar-refractivity contribution in [2.24, 2.45) is 15.3 Å². The van der Waals surface area contributed by atoms with E-state index < -0.39 is 47.6 Å². The minimum Gasteiger partial charge on any atom is -0.505 e. The molecule has 16 nitrogen and oxygen atoms in total. The Morgan fingerprint density at radius 2 is 1.68 bits per heavy atom. The molecular weight excluding hydrogens is 596 g/mol. The fourth-order valence-electron chi connectivity index (χ4n) is 3.09. The average molecular weight is 615 g/mol. The molecule has 0 atom stereocenters. The molecule has 0 radical (unpaired) electrons. The molecule has 6 N–H and O–H groups in total. The zero-order valence-corrected chi connectivity index (χ0v) is 22.3. The lowest BCUT2D eigenvalue weighted by atomic mass is 10.2. The van der Waals surface area contributed by atoms with Gasteiger partial charge in [0, 0.05) is 10.5 Å². The van der Waals surface area contributed by atoms with Gasteiger partial charge in [-0.15, -0.1) is 14.6 Å². The van der Waals surface area contributed by atoms with Gasteiger partial charge in [-0.05, 0) is 55.0 Å². The third kappa shape index (κ3) is 7.58. The molecule has 0 saturated heterocycles. The molecule has 19 heteroatoms. The lowest BCUT2D eigenvalue weighted by Crippen LogP contribution is -2.09. The molecule has 0 aliphatic heterocycles. The molecule has 0 amide bonds. The van der Waals surface area contributed by atoms with Crippen LogP contribution in [0.3, 0.4) is 0 Å². The van der Waals surface area contributed by atoms with Gasteiger partial charge < -0.3 is 10.2 Å². The number of nitrogens with zero attached hydrogens (tertiary/aromatic N) is 3. The van der Waals surface area contributed by atoms with Crippen molar-refractivity contribution in [1.82, 2.24) is 0 Å². The maximum absolute atomic E-state index is 12.0. The summed E-state index contributed by atoms with van der Waals surface area (Å²) in [5, 5.41) is 43.3. The molecule has 0 unspecified atom stereocenters. The van der Waals surface area contributed by atoms with Gasteiger partial charge in [0.15, 0.2) is 0 Å². The second kappa shape index (κ2) is 12.5. The van der Waals surface area contributed by atoms with E-state index in [0.29, 0.717) is 12.0 Å². The number of phenols is 1. The number of phenolic OH excluding ortho intramolecular Hbond substituents is 1. The van der Waals surface area contributed by atoms with E-state index in [4.69, 9.17) is 5.26 Å². The van der Waals surface area contributed by atoms with Crippen LogP contribution < -0.4 is 5.43 Å². The predicted octanol–water partition coefficient (Wildman–Crippen LogP) is 3.88. The molecule has 0 fully saturated rings. The van der Waals surface area contributed by atoms with Crippen LogP contribution in [0.5, 0.6) is 5.75 Å². The third-order valence-corrected chi connectivity index (χ3v) is 7.19. The SMILES string of the molecule is Cc1cc(S(=O)(=O)O)cc(N/N=C(\N=Nc2cc(SOOO)ccc2C(=O)O)c2ccccc2S(=O)(=O)O)c1O. The highest BCUT2D eigenvalue weighted by atomic mass is 32.2. The number of benzene rings is 3. The van der Waals surface area contributed by atoms with E-state index in [1.807, 2.05) is 0 Å². The first-order valence-corrected chi connectivity index (χ1v) is 14.0. The second-order valence-corrected chi connectivity index (χ2v) is 11.1.